The molecule has 1 aromatic heterocycles. The molecule has 0 N–H and O–H groups in total. The number of piperidine rings is 1. The van der Waals surface area contributed by atoms with Gasteiger partial charge in [-0.05, 0) is 38.5 Å². The highest BCUT2D eigenvalue weighted by molar-refractivity contribution is 5.78. The van der Waals surface area contributed by atoms with Gasteiger partial charge < -0.3 is 4.90 Å². The third kappa shape index (κ3) is 4.30. The van der Waals surface area contributed by atoms with Crippen molar-refractivity contribution in [1.82, 2.24) is 19.2 Å². The van der Waals surface area contributed by atoms with Crippen LogP contribution in [0.2, 0.25) is 0 Å². The van der Waals surface area contributed by atoms with E-state index in [2.05, 4.69) is 23.8 Å². The van der Waals surface area contributed by atoms with Gasteiger partial charge in [-0.25, -0.2) is 9.48 Å². The molecule has 0 unspecified atom stereocenters. The zero-order valence-electron chi connectivity index (χ0n) is 17.3. The van der Waals surface area contributed by atoms with Crippen LogP contribution in [0.4, 0.5) is 0 Å². The molecule has 1 aromatic rings. The second-order valence-corrected chi connectivity index (χ2v) is 8.45. The maximum absolute atomic E-state index is 12.9. The number of hydrogen-bond donors (Lipinski definition) is 0. The molecule has 2 fully saturated rings. The lowest BCUT2D eigenvalue weighted by molar-refractivity contribution is -0.137. The summed E-state index contributed by atoms with van der Waals surface area (Å²) in [5.74, 6) is 1.77. The van der Waals surface area contributed by atoms with E-state index in [9.17, 15) is 9.59 Å². The maximum Gasteiger partial charge on any atom is 0.345 e. The van der Waals surface area contributed by atoms with Gasteiger partial charge in [0, 0.05) is 38.0 Å². The second kappa shape index (κ2) is 9.07. The van der Waals surface area contributed by atoms with Crippen LogP contribution in [0.5, 0.6) is 0 Å². The fraction of sp³-hybridized carbons (Fsp3) is 0.857. The molecule has 0 atom stereocenters. The van der Waals surface area contributed by atoms with Crippen LogP contribution >= 0.6 is 0 Å². The van der Waals surface area contributed by atoms with E-state index in [-0.39, 0.29) is 11.6 Å². The Kier molecular flexibility index (Phi) is 6.77. The highest BCUT2D eigenvalue weighted by Crippen LogP contribution is 2.34. The Bertz CT molecular complexity index is 673. The first kappa shape index (κ1) is 20.2. The molecule has 0 radical (unpaired) electrons. The molecule has 1 saturated heterocycles. The number of aromatic nitrogens is 3. The van der Waals surface area contributed by atoms with E-state index in [1.807, 2.05) is 4.57 Å². The first-order valence-electron chi connectivity index (χ1n) is 11.0. The average molecular weight is 377 g/mol. The zero-order valence-corrected chi connectivity index (χ0v) is 17.3. The van der Waals surface area contributed by atoms with Crippen molar-refractivity contribution in [3.05, 3.63) is 16.3 Å². The van der Waals surface area contributed by atoms with Crippen molar-refractivity contribution in [2.45, 2.75) is 90.0 Å². The summed E-state index contributed by atoms with van der Waals surface area (Å²) in [6, 6.07) is 0.319. The van der Waals surface area contributed by atoms with E-state index >= 15 is 0 Å². The minimum Gasteiger partial charge on any atom is -0.342 e. The van der Waals surface area contributed by atoms with E-state index in [4.69, 9.17) is 0 Å². The average Bonchev–Trinajstić information content (AvgIpc) is 3.30. The highest BCUT2D eigenvalue weighted by Gasteiger charge is 2.32. The topological polar surface area (TPSA) is 60.1 Å². The number of likely N-dealkylation sites (tertiary alicyclic amines) is 1. The zero-order chi connectivity index (χ0) is 19.4. The third-order valence-corrected chi connectivity index (χ3v) is 6.47. The number of rotatable bonds is 7. The molecule has 0 bridgehead atoms. The predicted octanol–water partition coefficient (Wildman–Crippen LogP) is 3.62. The van der Waals surface area contributed by atoms with Crippen LogP contribution in [0.15, 0.2) is 4.79 Å². The molecule has 152 valence electrons. The predicted molar refractivity (Wildman–Crippen MR) is 107 cm³/mol. The van der Waals surface area contributed by atoms with Gasteiger partial charge in [-0.3, -0.25) is 9.36 Å². The van der Waals surface area contributed by atoms with Crippen LogP contribution in [-0.2, 0) is 11.8 Å². The molecule has 2 aliphatic rings. The lowest BCUT2D eigenvalue weighted by Gasteiger charge is -2.34. The number of carbonyl (C=O) groups is 1. The first-order chi connectivity index (χ1) is 13.1. The number of aryl methyl sites for hydroxylation is 1. The van der Waals surface area contributed by atoms with Crippen molar-refractivity contribution < 1.29 is 4.79 Å². The fourth-order valence-corrected chi connectivity index (χ4v) is 4.99. The summed E-state index contributed by atoms with van der Waals surface area (Å²) >= 11 is 0. The second-order valence-electron chi connectivity index (χ2n) is 8.45. The molecular formula is C21H36N4O2. The Labute approximate surface area is 162 Å². The lowest BCUT2D eigenvalue weighted by Crippen LogP contribution is -2.42. The van der Waals surface area contributed by atoms with Crippen molar-refractivity contribution in [3.8, 4) is 0 Å². The summed E-state index contributed by atoms with van der Waals surface area (Å²) in [4.78, 5) is 27.6. The minimum absolute atomic E-state index is 0.0290. The van der Waals surface area contributed by atoms with Crippen LogP contribution in [0, 0.1) is 5.92 Å². The molecule has 6 nitrogen and oxygen atoms in total. The van der Waals surface area contributed by atoms with Crippen LogP contribution in [0.1, 0.15) is 95.8 Å². The van der Waals surface area contributed by atoms with Crippen molar-refractivity contribution in [1.29, 1.82) is 0 Å². The molecule has 0 spiro atoms. The van der Waals surface area contributed by atoms with E-state index < -0.39 is 0 Å². The molecule has 1 saturated carbocycles. The molecule has 27 heavy (non-hydrogen) atoms. The summed E-state index contributed by atoms with van der Waals surface area (Å²) in [5.41, 5.74) is 0.0290. The Morgan fingerprint density at radius 2 is 1.67 bits per heavy atom. The summed E-state index contributed by atoms with van der Waals surface area (Å²) in [6.07, 6.45) is 10.5. The minimum atomic E-state index is 0.0290. The van der Waals surface area contributed by atoms with Gasteiger partial charge in [-0.2, -0.15) is 5.10 Å². The Balaban J connectivity index is 1.68. The smallest absolute Gasteiger partial charge is 0.342 e. The number of hydrogen-bond acceptors (Lipinski definition) is 3. The Hall–Kier alpha value is -1.59. The standard InChI is InChI=1S/C21H36N4O2/c1-4-8-17(9-5-2)20(26)24-14-12-16(13-15-24)19-22-23(3)21(27)25(19)18-10-6-7-11-18/h16-18H,4-15H2,1-3H3. The van der Waals surface area contributed by atoms with Gasteiger partial charge in [0.15, 0.2) is 0 Å². The number of nitrogens with zero attached hydrogens (tertiary/aromatic N) is 4. The third-order valence-electron chi connectivity index (χ3n) is 6.47. The summed E-state index contributed by atoms with van der Waals surface area (Å²) in [7, 11) is 1.76. The van der Waals surface area contributed by atoms with Crippen molar-refractivity contribution in [3.63, 3.8) is 0 Å². The molecular weight excluding hydrogens is 340 g/mol. The normalized spacial score (nSPS) is 19.3. The number of carbonyl (C=O) groups excluding carboxylic acids is 1. The molecule has 1 amide bonds. The van der Waals surface area contributed by atoms with E-state index in [1.165, 1.54) is 17.5 Å². The highest BCUT2D eigenvalue weighted by atomic mass is 16.2. The van der Waals surface area contributed by atoms with Crippen molar-refractivity contribution in [2.24, 2.45) is 13.0 Å². The molecule has 3 rings (SSSR count). The Morgan fingerprint density at radius 1 is 1.07 bits per heavy atom. The summed E-state index contributed by atoms with van der Waals surface area (Å²) in [5, 5.41) is 4.61. The van der Waals surface area contributed by atoms with Crippen LogP contribution < -0.4 is 5.69 Å². The van der Waals surface area contributed by atoms with Gasteiger partial charge in [0.2, 0.25) is 5.91 Å². The van der Waals surface area contributed by atoms with Gasteiger partial charge in [0.25, 0.3) is 0 Å². The molecule has 2 heterocycles. The van der Waals surface area contributed by atoms with Gasteiger partial charge >= 0.3 is 5.69 Å². The first-order valence-corrected chi connectivity index (χ1v) is 11.0. The summed E-state index contributed by atoms with van der Waals surface area (Å²) in [6.45, 7) is 5.91. The molecule has 1 aliphatic carbocycles. The van der Waals surface area contributed by atoms with Crippen molar-refractivity contribution >= 4 is 5.91 Å². The SMILES string of the molecule is CCCC(CCC)C(=O)N1CCC(c2nn(C)c(=O)n2C2CCCC2)CC1. The largest absolute Gasteiger partial charge is 0.345 e. The molecule has 6 heteroatoms. The van der Waals surface area contributed by atoms with E-state index in [0.29, 0.717) is 17.9 Å². The van der Waals surface area contributed by atoms with Gasteiger partial charge in [-0.1, -0.05) is 39.5 Å². The monoisotopic (exact) mass is 376 g/mol. The van der Waals surface area contributed by atoms with Crippen molar-refractivity contribution in [2.75, 3.05) is 13.1 Å². The maximum atomic E-state index is 12.9. The quantitative estimate of drug-likeness (QED) is 0.730. The molecule has 1 aliphatic heterocycles. The van der Waals surface area contributed by atoms with Crippen LogP contribution in [-0.4, -0.2) is 38.2 Å². The van der Waals surface area contributed by atoms with E-state index in [0.717, 1.165) is 70.3 Å². The van der Waals surface area contributed by atoms with Crippen LogP contribution in [0.25, 0.3) is 0 Å². The molecule has 0 aromatic carbocycles. The van der Waals surface area contributed by atoms with Gasteiger partial charge in [0.1, 0.15) is 5.82 Å². The van der Waals surface area contributed by atoms with Gasteiger partial charge in [0.05, 0.1) is 0 Å². The lowest BCUT2D eigenvalue weighted by atomic mass is 9.92. The Morgan fingerprint density at radius 3 is 2.22 bits per heavy atom. The van der Waals surface area contributed by atoms with E-state index in [1.54, 1.807) is 7.05 Å². The number of amides is 1. The van der Waals surface area contributed by atoms with Crippen LogP contribution in [0.3, 0.4) is 0 Å². The van der Waals surface area contributed by atoms with Gasteiger partial charge in [-0.15, -0.1) is 0 Å². The fourth-order valence-electron chi connectivity index (χ4n) is 4.99. The summed E-state index contributed by atoms with van der Waals surface area (Å²) < 4.78 is 3.48.